The van der Waals surface area contributed by atoms with Gasteiger partial charge in [0.15, 0.2) is 0 Å². The van der Waals surface area contributed by atoms with Gasteiger partial charge >= 0.3 is 0 Å². The Bertz CT molecular complexity index is 239. The van der Waals surface area contributed by atoms with E-state index in [1.54, 1.807) is 0 Å². The molecular formula is C13H27N3O. The van der Waals surface area contributed by atoms with Crippen LogP contribution in [0.5, 0.6) is 0 Å². The standard InChI is InChI=1S/C13H27N3O/c1-4-16(9-11-5-6-11)8-7-12(13(14)17)15-10(2)3/h10-12,15H,4-9H2,1-3H3,(H2,14,17). The van der Waals surface area contributed by atoms with Gasteiger partial charge in [0.05, 0.1) is 6.04 Å². The molecule has 17 heavy (non-hydrogen) atoms. The molecular weight excluding hydrogens is 214 g/mol. The van der Waals surface area contributed by atoms with Crippen molar-refractivity contribution < 1.29 is 4.79 Å². The zero-order valence-electron chi connectivity index (χ0n) is 11.4. The molecule has 0 heterocycles. The summed E-state index contributed by atoms with van der Waals surface area (Å²) in [5.74, 6) is 0.668. The van der Waals surface area contributed by atoms with Crippen LogP contribution in [0.4, 0.5) is 0 Å². The molecule has 1 fully saturated rings. The van der Waals surface area contributed by atoms with Crippen molar-refractivity contribution in [1.29, 1.82) is 0 Å². The van der Waals surface area contributed by atoms with Crippen molar-refractivity contribution >= 4 is 5.91 Å². The maximum atomic E-state index is 11.3. The number of hydrogen-bond donors (Lipinski definition) is 2. The van der Waals surface area contributed by atoms with Crippen molar-refractivity contribution in [2.75, 3.05) is 19.6 Å². The van der Waals surface area contributed by atoms with Crippen molar-refractivity contribution in [3.8, 4) is 0 Å². The summed E-state index contributed by atoms with van der Waals surface area (Å²) in [5, 5.41) is 3.23. The predicted molar refractivity (Wildman–Crippen MR) is 70.7 cm³/mol. The molecule has 3 N–H and O–H groups in total. The predicted octanol–water partition coefficient (Wildman–Crippen LogP) is 0.960. The van der Waals surface area contributed by atoms with Gasteiger partial charge in [0, 0.05) is 19.1 Å². The van der Waals surface area contributed by atoms with Crippen LogP contribution in [0.1, 0.15) is 40.0 Å². The third-order valence-electron chi connectivity index (χ3n) is 3.27. The molecule has 0 radical (unpaired) electrons. The Morgan fingerprint density at radius 1 is 1.47 bits per heavy atom. The highest BCUT2D eigenvalue weighted by Gasteiger charge is 2.24. The van der Waals surface area contributed by atoms with E-state index in [2.05, 4.69) is 17.1 Å². The Morgan fingerprint density at radius 2 is 2.12 bits per heavy atom. The summed E-state index contributed by atoms with van der Waals surface area (Å²) < 4.78 is 0. The summed E-state index contributed by atoms with van der Waals surface area (Å²) in [4.78, 5) is 13.7. The number of rotatable bonds is 9. The van der Waals surface area contributed by atoms with E-state index in [1.165, 1.54) is 19.4 Å². The van der Waals surface area contributed by atoms with E-state index < -0.39 is 0 Å². The monoisotopic (exact) mass is 241 g/mol. The largest absolute Gasteiger partial charge is 0.368 e. The number of carbonyl (C=O) groups excluding carboxylic acids is 1. The van der Waals surface area contributed by atoms with Gasteiger partial charge in [-0.15, -0.1) is 0 Å². The zero-order chi connectivity index (χ0) is 12.8. The molecule has 0 aromatic rings. The first kappa shape index (κ1) is 14.5. The lowest BCUT2D eigenvalue weighted by molar-refractivity contribution is -0.120. The Labute approximate surface area is 105 Å². The van der Waals surface area contributed by atoms with Crippen LogP contribution in [0.3, 0.4) is 0 Å². The molecule has 1 atom stereocenters. The maximum absolute atomic E-state index is 11.3. The Hall–Kier alpha value is -0.610. The molecule has 0 bridgehead atoms. The molecule has 4 heteroatoms. The van der Waals surface area contributed by atoms with Gasteiger partial charge in [0.25, 0.3) is 0 Å². The molecule has 0 saturated heterocycles. The fourth-order valence-electron chi connectivity index (χ4n) is 2.07. The van der Waals surface area contributed by atoms with E-state index in [4.69, 9.17) is 5.73 Å². The van der Waals surface area contributed by atoms with E-state index in [9.17, 15) is 4.79 Å². The second kappa shape index (κ2) is 6.97. The van der Waals surface area contributed by atoms with Gasteiger partial charge in [-0.25, -0.2) is 0 Å². The minimum absolute atomic E-state index is 0.191. The van der Waals surface area contributed by atoms with Gasteiger partial charge in [0.1, 0.15) is 0 Å². The summed E-state index contributed by atoms with van der Waals surface area (Å²) in [5.41, 5.74) is 5.41. The van der Waals surface area contributed by atoms with Crippen LogP contribution in [0, 0.1) is 5.92 Å². The van der Waals surface area contributed by atoms with Crippen LogP contribution < -0.4 is 11.1 Å². The van der Waals surface area contributed by atoms with Crippen LogP contribution in [-0.4, -0.2) is 42.5 Å². The molecule has 4 nitrogen and oxygen atoms in total. The lowest BCUT2D eigenvalue weighted by Crippen LogP contribution is -2.46. The van der Waals surface area contributed by atoms with Gasteiger partial charge in [-0.1, -0.05) is 20.8 Å². The SMILES string of the molecule is CCN(CCC(NC(C)C)C(N)=O)CC1CC1. The van der Waals surface area contributed by atoms with Crippen molar-refractivity contribution in [1.82, 2.24) is 10.2 Å². The quantitative estimate of drug-likeness (QED) is 0.632. The number of nitrogens with one attached hydrogen (secondary N) is 1. The van der Waals surface area contributed by atoms with Gasteiger partial charge < -0.3 is 16.0 Å². The van der Waals surface area contributed by atoms with E-state index in [0.717, 1.165) is 25.4 Å². The van der Waals surface area contributed by atoms with Crippen molar-refractivity contribution in [3.63, 3.8) is 0 Å². The van der Waals surface area contributed by atoms with Gasteiger partial charge in [-0.3, -0.25) is 4.79 Å². The van der Waals surface area contributed by atoms with Crippen LogP contribution in [0.25, 0.3) is 0 Å². The molecule has 1 aliphatic rings. The third-order valence-corrected chi connectivity index (χ3v) is 3.27. The van der Waals surface area contributed by atoms with Crippen molar-refractivity contribution in [3.05, 3.63) is 0 Å². The van der Waals surface area contributed by atoms with Crippen LogP contribution >= 0.6 is 0 Å². The Balaban J connectivity index is 2.29. The fraction of sp³-hybridized carbons (Fsp3) is 0.923. The molecule has 1 aliphatic carbocycles. The first-order valence-corrected chi connectivity index (χ1v) is 6.80. The topological polar surface area (TPSA) is 58.4 Å². The molecule has 0 aliphatic heterocycles. The maximum Gasteiger partial charge on any atom is 0.234 e. The minimum atomic E-state index is -0.235. The number of nitrogens with zero attached hydrogens (tertiary/aromatic N) is 1. The van der Waals surface area contributed by atoms with Crippen LogP contribution in [-0.2, 0) is 4.79 Å². The molecule has 100 valence electrons. The summed E-state index contributed by atoms with van der Waals surface area (Å²) in [6, 6.07) is 0.106. The van der Waals surface area contributed by atoms with Gasteiger partial charge in [0.2, 0.25) is 5.91 Å². The lowest BCUT2D eigenvalue weighted by atomic mass is 10.1. The Morgan fingerprint density at radius 3 is 2.53 bits per heavy atom. The average molecular weight is 241 g/mol. The lowest BCUT2D eigenvalue weighted by Gasteiger charge is -2.24. The third kappa shape index (κ3) is 6.03. The number of amides is 1. The summed E-state index contributed by atoms with van der Waals surface area (Å²) >= 11 is 0. The van der Waals surface area contributed by atoms with Gasteiger partial charge in [-0.05, 0) is 31.7 Å². The number of hydrogen-bond acceptors (Lipinski definition) is 3. The highest BCUT2D eigenvalue weighted by atomic mass is 16.1. The van der Waals surface area contributed by atoms with Crippen molar-refractivity contribution in [2.24, 2.45) is 11.7 Å². The van der Waals surface area contributed by atoms with E-state index in [-0.39, 0.29) is 11.9 Å². The summed E-state index contributed by atoms with van der Waals surface area (Å²) in [7, 11) is 0. The minimum Gasteiger partial charge on any atom is -0.368 e. The van der Waals surface area contributed by atoms with Crippen LogP contribution in [0.2, 0.25) is 0 Å². The first-order valence-electron chi connectivity index (χ1n) is 6.80. The van der Waals surface area contributed by atoms with Crippen LogP contribution in [0.15, 0.2) is 0 Å². The molecule has 1 saturated carbocycles. The zero-order valence-corrected chi connectivity index (χ0v) is 11.4. The normalized spacial score (nSPS) is 17.7. The number of carbonyl (C=O) groups is 1. The highest BCUT2D eigenvalue weighted by Crippen LogP contribution is 2.29. The fourth-order valence-corrected chi connectivity index (χ4v) is 2.07. The molecule has 0 spiro atoms. The smallest absolute Gasteiger partial charge is 0.234 e. The second-order valence-corrected chi connectivity index (χ2v) is 5.40. The van der Waals surface area contributed by atoms with Crippen molar-refractivity contribution in [2.45, 2.75) is 52.1 Å². The Kier molecular flexibility index (Phi) is 5.92. The summed E-state index contributed by atoms with van der Waals surface area (Å²) in [6.07, 6.45) is 3.56. The van der Waals surface area contributed by atoms with E-state index in [1.807, 2.05) is 13.8 Å². The molecule has 1 rings (SSSR count). The second-order valence-electron chi connectivity index (χ2n) is 5.40. The van der Waals surface area contributed by atoms with E-state index in [0.29, 0.717) is 6.04 Å². The summed E-state index contributed by atoms with van der Waals surface area (Å²) in [6.45, 7) is 9.46. The molecule has 0 aromatic carbocycles. The number of nitrogens with two attached hydrogens (primary N) is 1. The molecule has 0 aromatic heterocycles. The molecule has 1 unspecified atom stereocenters. The average Bonchev–Trinajstić information content (AvgIpc) is 3.05. The van der Waals surface area contributed by atoms with Gasteiger partial charge in [-0.2, -0.15) is 0 Å². The van der Waals surface area contributed by atoms with E-state index >= 15 is 0 Å². The number of primary amides is 1. The highest BCUT2D eigenvalue weighted by molar-refractivity contribution is 5.79. The molecule has 1 amide bonds. The first-order chi connectivity index (χ1) is 8.02.